The summed E-state index contributed by atoms with van der Waals surface area (Å²) < 4.78 is 0. The van der Waals surface area contributed by atoms with Crippen molar-refractivity contribution in [1.82, 2.24) is 4.98 Å². The smallest absolute Gasteiger partial charge is 0.128 e. The van der Waals surface area contributed by atoms with Crippen LogP contribution in [0, 0.1) is 0 Å². The molecule has 0 bridgehead atoms. The fourth-order valence-corrected chi connectivity index (χ4v) is 2.96. The molecule has 2 rings (SSSR count). The average molecular weight is 304 g/mol. The van der Waals surface area contributed by atoms with E-state index in [0.717, 1.165) is 17.7 Å². The van der Waals surface area contributed by atoms with Crippen LogP contribution >= 0.6 is 27.5 Å². The molecule has 1 aromatic rings. The Bertz CT molecular complexity index is 328. The summed E-state index contributed by atoms with van der Waals surface area (Å²) in [6.45, 7) is 1.10. The van der Waals surface area contributed by atoms with Gasteiger partial charge in [0.15, 0.2) is 0 Å². The van der Waals surface area contributed by atoms with Crippen LogP contribution in [0.25, 0.3) is 0 Å². The van der Waals surface area contributed by atoms with E-state index >= 15 is 0 Å². The van der Waals surface area contributed by atoms with E-state index in [1.807, 2.05) is 12.1 Å². The molecule has 16 heavy (non-hydrogen) atoms. The topological polar surface area (TPSA) is 16.1 Å². The van der Waals surface area contributed by atoms with Gasteiger partial charge in [0, 0.05) is 24.1 Å². The zero-order valence-corrected chi connectivity index (χ0v) is 11.5. The van der Waals surface area contributed by atoms with Crippen LogP contribution in [0.5, 0.6) is 0 Å². The van der Waals surface area contributed by atoms with E-state index in [4.69, 9.17) is 11.6 Å². The summed E-state index contributed by atoms with van der Waals surface area (Å²) in [5.41, 5.74) is 0. The van der Waals surface area contributed by atoms with Gasteiger partial charge in [-0.3, -0.25) is 0 Å². The fraction of sp³-hybridized carbons (Fsp3) is 0.583. The van der Waals surface area contributed by atoms with Crippen molar-refractivity contribution >= 4 is 33.3 Å². The van der Waals surface area contributed by atoms with Crippen LogP contribution in [0.1, 0.15) is 25.7 Å². The van der Waals surface area contributed by atoms with Crippen molar-refractivity contribution in [2.75, 3.05) is 16.8 Å². The Morgan fingerprint density at radius 2 is 2.25 bits per heavy atom. The van der Waals surface area contributed by atoms with Crippen molar-refractivity contribution in [1.29, 1.82) is 0 Å². The monoisotopic (exact) mass is 302 g/mol. The van der Waals surface area contributed by atoms with E-state index in [1.54, 1.807) is 6.20 Å². The van der Waals surface area contributed by atoms with Crippen molar-refractivity contribution < 1.29 is 0 Å². The van der Waals surface area contributed by atoms with E-state index < -0.39 is 0 Å². The maximum atomic E-state index is 5.86. The lowest BCUT2D eigenvalue weighted by atomic mass is 10.1. The van der Waals surface area contributed by atoms with Crippen LogP contribution in [0.3, 0.4) is 0 Å². The van der Waals surface area contributed by atoms with Gasteiger partial charge in [-0.15, -0.1) is 0 Å². The highest BCUT2D eigenvalue weighted by Gasteiger charge is 2.20. The van der Waals surface area contributed by atoms with Crippen molar-refractivity contribution in [2.24, 2.45) is 0 Å². The third-order valence-electron chi connectivity index (χ3n) is 3.06. The van der Waals surface area contributed by atoms with Crippen molar-refractivity contribution in [3.8, 4) is 0 Å². The lowest BCUT2D eigenvalue weighted by molar-refractivity contribution is 0.621. The van der Waals surface area contributed by atoms with Crippen LogP contribution in [0.2, 0.25) is 5.02 Å². The molecular weight excluding hydrogens is 288 g/mol. The lowest BCUT2D eigenvalue weighted by Crippen LogP contribution is -2.36. The molecule has 0 radical (unpaired) electrons. The van der Waals surface area contributed by atoms with Crippen LogP contribution < -0.4 is 4.90 Å². The first-order chi connectivity index (χ1) is 7.81. The summed E-state index contributed by atoms with van der Waals surface area (Å²) >= 11 is 9.47. The van der Waals surface area contributed by atoms with Crippen LogP contribution in [-0.4, -0.2) is 22.9 Å². The lowest BCUT2D eigenvalue weighted by Gasteiger charge is -2.29. The number of pyridine rings is 1. The average Bonchev–Trinajstić information content (AvgIpc) is 2.55. The summed E-state index contributed by atoms with van der Waals surface area (Å²) in [7, 11) is 0. The minimum atomic E-state index is 0.566. The second-order valence-electron chi connectivity index (χ2n) is 4.19. The first-order valence-electron chi connectivity index (χ1n) is 5.75. The molecule has 1 unspecified atom stereocenters. The van der Waals surface area contributed by atoms with E-state index in [2.05, 4.69) is 25.8 Å². The molecule has 1 fully saturated rings. The maximum Gasteiger partial charge on any atom is 0.128 e. The molecule has 2 heterocycles. The molecule has 0 aromatic carbocycles. The molecule has 1 aliphatic heterocycles. The predicted molar refractivity (Wildman–Crippen MR) is 72.6 cm³/mol. The van der Waals surface area contributed by atoms with E-state index in [9.17, 15) is 0 Å². The van der Waals surface area contributed by atoms with Crippen LogP contribution in [0.15, 0.2) is 18.3 Å². The Kier molecular flexibility index (Phi) is 4.47. The van der Waals surface area contributed by atoms with Crippen LogP contribution in [0.4, 0.5) is 5.82 Å². The Balaban J connectivity index is 2.18. The minimum Gasteiger partial charge on any atom is -0.353 e. The second kappa shape index (κ2) is 5.87. The summed E-state index contributed by atoms with van der Waals surface area (Å²) in [5.74, 6) is 1.05. The molecule has 0 amide bonds. The first kappa shape index (κ1) is 12.2. The van der Waals surface area contributed by atoms with E-state index in [1.165, 1.54) is 25.7 Å². The molecule has 1 aliphatic rings. The van der Waals surface area contributed by atoms with E-state index in [0.29, 0.717) is 11.1 Å². The first-order valence-corrected chi connectivity index (χ1v) is 7.25. The largest absolute Gasteiger partial charge is 0.353 e. The zero-order chi connectivity index (χ0) is 11.4. The van der Waals surface area contributed by atoms with Crippen molar-refractivity contribution in [3.05, 3.63) is 23.4 Å². The van der Waals surface area contributed by atoms with Gasteiger partial charge in [-0.2, -0.15) is 0 Å². The van der Waals surface area contributed by atoms with Gasteiger partial charge in [0.1, 0.15) is 5.82 Å². The number of anilines is 1. The molecule has 0 spiro atoms. The molecule has 1 aromatic heterocycles. The number of nitrogens with zero attached hydrogens (tertiary/aromatic N) is 2. The van der Waals surface area contributed by atoms with Gasteiger partial charge in [0.2, 0.25) is 0 Å². The molecule has 2 nitrogen and oxygen atoms in total. The molecule has 88 valence electrons. The molecular formula is C12H16BrClN2. The van der Waals surface area contributed by atoms with Gasteiger partial charge < -0.3 is 4.90 Å². The van der Waals surface area contributed by atoms with Gasteiger partial charge in [-0.1, -0.05) is 40.4 Å². The fourth-order valence-electron chi connectivity index (χ4n) is 2.18. The molecule has 0 saturated carbocycles. The highest BCUT2D eigenvalue weighted by molar-refractivity contribution is 9.09. The van der Waals surface area contributed by atoms with Crippen LogP contribution in [-0.2, 0) is 0 Å². The Labute approximate surface area is 110 Å². The normalized spacial score (nSPS) is 21.9. The molecule has 4 heteroatoms. The number of halogens is 2. The summed E-state index contributed by atoms with van der Waals surface area (Å²) in [5, 5.41) is 1.71. The third kappa shape index (κ3) is 2.89. The number of hydrogen-bond donors (Lipinski definition) is 0. The molecule has 1 saturated heterocycles. The Morgan fingerprint density at radius 1 is 1.38 bits per heavy atom. The quantitative estimate of drug-likeness (QED) is 0.771. The SMILES string of the molecule is Clc1ccc(N2CCCCCC2CBr)nc1. The van der Waals surface area contributed by atoms with Crippen molar-refractivity contribution in [2.45, 2.75) is 31.7 Å². The number of alkyl halides is 1. The van der Waals surface area contributed by atoms with Gasteiger partial charge in [0.25, 0.3) is 0 Å². The Morgan fingerprint density at radius 3 is 2.94 bits per heavy atom. The zero-order valence-electron chi connectivity index (χ0n) is 9.20. The van der Waals surface area contributed by atoms with Gasteiger partial charge in [0.05, 0.1) is 5.02 Å². The summed E-state index contributed by atoms with van der Waals surface area (Å²) in [6.07, 6.45) is 6.88. The Hall–Kier alpha value is -0.280. The highest BCUT2D eigenvalue weighted by Crippen LogP contribution is 2.24. The van der Waals surface area contributed by atoms with Gasteiger partial charge in [-0.25, -0.2) is 4.98 Å². The predicted octanol–water partition coefficient (Wildman–Crippen LogP) is 3.88. The van der Waals surface area contributed by atoms with Gasteiger partial charge >= 0.3 is 0 Å². The summed E-state index contributed by atoms with van der Waals surface area (Å²) in [6, 6.07) is 4.50. The highest BCUT2D eigenvalue weighted by atomic mass is 79.9. The summed E-state index contributed by atoms with van der Waals surface area (Å²) in [4.78, 5) is 6.82. The van der Waals surface area contributed by atoms with Gasteiger partial charge in [-0.05, 0) is 25.0 Å². The van der Waals surface area contributed by atoms with Crippen molar-refractivity contribution in [3.63, 3.8) is 0 Å². The maximum absolute atomic E-state index is 5.86. The molecule has 0 N–H and O–H groups in total. The van der Waals surface area contributed by atoms with E-state index in [-0.39, 0.29) is 0 Å². The number of aromatic nitrogens is 1. The second-order valence-corrected chi connectivity index (χ2v) is 5.27. The molecule has 0 aliphatic carbocycles. The number of rotatable bonds is 2. The standard InChI is InChI=1S/C12H16BrClN2/c13-8-11-4-2-1-3-7-16(11)12-6-5-10(14)9-15-12/h5-6,9,11H,1-4,7-8H2. The minimum absolute atomic E-state index is 0.566. The third-order valence-corrected chi connectivity index (χ3v) is 4.03. The number of hydrogen-bond acceptors (Lipinski definition) is 2. The molecule has 1 atom stereocenters.